The first-order chi connectivity index (χ1) is 13.1. The van der Waals surface area contributed by atoms with Crippen molar-refractivity contribution in [3.63, 3.8) is 0 Å². The van der Waals surface area contributed by atoms with Crippen LogP contribution in [0.5, 0.6) is 5.75 Å². The lowest BCUT2D eigenvalue weighted by atomic mass is 10.0. The van der Waals surface area contributed by atoms with E-state index in [1.165, 1.54) is 23.5 Å². The summed E-state index contributed by atoms with van der Waals surface area (Å²) in [5, 5.41) is 8.19. The highest BCUT2D eigenvalue weighted by molar-refractivity contribution is 7.89. The molecule has 0 bridgehead atoms. The number of fused-ring (bicyclic) bond motifs is 1. The second-order valence-corrected chi connectivity index (χ2v) is 9.32. The zero-order valence-corrected chi connectivity index (χ0v) is 17.4. The van der Waals surface area contributed by atoms with Crippen molar-refractivity contribution in [2.75, 3.05) is 11.9 Å². The molecule has 0 saturated heterocycles. The number of nitrogens with zero attached hydrogens (tertiary/aromatic N) is 1. The number of nitrogens with two attached hydrogens (primary N) is 1. The summed E-state index contributed by atoms with van der Waals surface area (Å²) in [5.74, 6) is 0.616. The van der Waals surface area contributed by atoms with Gasteiger partial charge in [0.15, 0.2) is 11.7 Å². The number of carbonyl (C=O) groups excluding carboxylic acids is 1. The number of amides is 1. The van der Waals surface area contributed by atoms with E-state index >= 15 is 0 Å². The summed E-state index contributed by atoms with van der Waals surface area (Å²) >= 11 is 1.17. The highest BCUT2D eigenvalue weighted by Gasteiger charge is 2.14. The van der Waals surface area contributed by atoms with Gasteiger partial charge < -0.3 is 4.74 Å². The average Bonchev–Trinajstić information content (AvgIpc) is 3.00. The van der Waals surface area contributed by atoms with Gasteiger partial charge in [0.1, 0.15) is 5.75 Å². The summed E-state index contributed by atoms with van der Waals surface area (Å²) in [4.78, 5) is 16.6. The lowest BCUT2D eigenvalue weighted by Crippen LogP contribution is -2.20. The third-order valence-electron chi connectivity index (χ3n) is 4.08. The van der Waals surface area contributed by atoms with Gasteiger partial charge in [-0.25, -0.2) is 18.5 Å². The molecule has 0 aliphatic rings. The van der Waals surface area contributed by atoms with E-state index in [1.807, 2.05) is 25.1 Å². The van der Waals surface area contributed by atoms with Gasteiger partial charge in [0.2, 0.25) is 10.0 Å². The van der Waals surface area contributed by atoms with Crippen molar-refractivity contribution in [1.29, 1.82) is 0 Å². The third kappa shape index (κ3) is 4.67. The molecule has 1 amide bonds. The number of benzene rings is 2. The summed E-state index contributed by atoms with van der Waals surface area (Å²) < 4.78 is 29.2. The highest BCUT2D eigenvalue weighted by Crippen LogP contribution is 2.29. The van der Waals surface area contributed by atoms with Crippen LogP contribution in [0.2, 0.25) is 0 Å². The second-order valence-electron chi connectivity index (χ2n) is 6.73. The third-order valence-corrected chi connectivity index (χ3v) is 5.93. The molecule has 3 N–H and O–H groups in total. The Kier molecular flexibility index (Phi) is 5.69. The molecule has 28 heavy (non-hydrogen) atoms. The molecule has 3 aromatic rings. The Balaban J connectivity index is 1.71. The van der Waals surface area contributed by atoms with Gasteiger partial charge in [-0.15, -0.1) is 0 Å². The smallest absolute Gasteiger partial charge is 0.264 e. The Labute approximate surface area is 167 Å². The minimum absolute atomic E-state index is 0.00511. The number of primary sulfonamides is 1. The van der Waals surface area contributed by atoms with Gasteiger partial charge in [-0.2, -0.15) is 0 Å². The van der Waals surface area contributed by atoms with E-state index in [2.05, 4.69) is 24.1 Å². The van der Waals surface area contributed by atoms with Crippen molar-refractivity contribution in [3.05, 3.63) is 47.5 Å². The Bertz CT molecular complexity index is 1140. The largest absolute Gasteiger partial charge is 0.483 e. The topological polar surface area (TPSA) is 111 Å². The van der Waals surface area contributed by atoms with Gasteiger partial charge in [-0.05, 0) is 48.2 Å². The minimum Gasteiger partial charge on any atom is -0.483 e. The zero-order valence-electron chi connectivity index (χ0n) is 15.7. The fourth-order valence-corrected chi connectivity index (χ4v) is 4.21. The second kappa shape index (κ2) is 7.86. The van der Waals surface area contributed by atoms with Crippen molar-refractivity contribution >= 4 is 42.6 Å². The van der Waals surface area contributed by atoms with Crippen molar-refractivity contribution in [1.82, 2.24) is 4.98 Å². The Morgan fingerprint density at radius 1 is 1.25 bits per heavy atom. The number of ether oxygens (including phenoxy) is 1. The molecule has 2 aromatic carbocycles. The van der Waals surface area contributed by atoms with Crippen molar-refractivity contribution in [3.8, 4) is 5.75 Å². The van der Waals surface area contributed by atoms with Crippen LogP contribution in [-0.4, -0.2) is 25.9 Å². The number of hydrogen-bond acceptors (Lipinski definition) is 6. The molecular weight excluding hydrogens is 398 g/mol. The number of aromatic nitrogens is 1. The van der Waals surface area contributed by atoms with Gasteiger partial charge in [-0.3, -0.25) is 10.1 Å². The maximum absolute atomic E-state index is 12.3. The van der Waals surface area contributed by atoms with Crippen molar-refractivity contribution in [2.45, 2.75) is 31.6 Å². The fourth-order valence-electron chi connectivity index (χ4n) is 2.68. The molecule has 1 heterocycles. The first-order valence-electron chi connectivity index (χ1n) is 8.60. The van der Waals surface area contributed by atoms with E-state index < -0.39 is 10.0 Å². The van der Waals surface area contributed by atoms with E-state index in [0.717, 1.165) is 11.1 Å². The lowest BCUT2D eigenvalue weighted by molar-refractivity contribution is -0.118. The van der Waals surface area contributed by atoms with Gasteiger partial charge >= 0.3 is 0 Å². The van der Waals surface area contributed by atoms with Crippen LogP contribution in [-0.2, 0) is 14.8 Å². The molecule has 9 heteroatoms. The van der Waals surface area contributed by atoms with Crippen LogP contribution in [0.15, 0.2) is 41.3 Å². The summed E-state index contributed by atoms with van der Waals surface area (Å²) in [6, 6.07) is 10.3. The van der Waals surface area contributed by atoms with E-state index in [9.17, 15) is 13.2 Å². The number of rotatable bonds is 6. The first-order valence-corrected chi connectivity index (χ1v) is 11.0. The van der Waals surface area contributed by atoms with Crippen LogP contribution in [0, 0.1) is 6.92 Å². The number of nitrogens with one attached hydrogen (secondary N) is 1. The van der Waals surface area contributed by atoms with Crippen LogP contribution in [0.4, 0.5) is 5.13 Å². The van der Waals surface area contributed by atoms with Gasteiger partial charge in [0, 0.05) is 0 Å². The molecule has 0 saturated carbocycles. The van der Waals surface area contributed by atoms with Crippen LogP contribution in [0.25, 0.3) is 10.2 Å². The van der Waals surface area contributed by atoms with E-state index in [4.69, 9.17) is 9.88 Å². The minimum atomic E-state index is -3.79. The summed E-state index contributed by atoms with van der Waals surface area (Å²) in [6.07, 6.45) is 0. The molecule has 3 rings (SSSR count). The van der Waals surface area contributed by atoms with Crippen LogP contribution in [0.1, 0.15) is 30.9 Å². The molecule has 0 spiro atoms. The van der Waals surface area contributed by atoms with Gasteiger partial charge in [0.05, 0.1) is 15.1 Å². The van der Waals surface area contributed by atoms with E-state index in [1.54, 1.807) is 6.07 Å². The Morgan fingerprint density at radius 2 is 2.00 bits per heavy atom. The summed E-state index contributed by atoms with van der Waals surface area (Å²) in [6.45, 7) is 5.94. The molecular formula is C19H21N3O4S2. The number of anilines is 1. The molecule has 7 nitrogen and oxygen atoms in total. The Morgan fingerprint density at radius 3 is 2.68 bits per heavy atom. The summed E-state index contributed by atoms with van der Waals surface area (Å²) in [7, 11) is -3.79. The molecule has 1 aromatic heterocycles. The predicted molar refractivity (Wildman–Crippen MR) is 110 cm³/mol. The maximum Gasteiger partial charge on any atom is 0.264 e. The standard InChI is InChI=1S/C19H21N3O4S2/c1-11(2)14-6-4-12(3)8-16(14)26-10-18(23)22-19-21-15-7-5-13(28(20,24)25)9-17(15)27-19/h4-9,11H,10H2,1-3H3,(H2,20,24,25)(H,21,22,23). The predicted octanol–water partition coefficient (Wildman–Crippen LogP) is 3.39. The van der Waals surface area contributed by atoms with E-state index in [-0.39, 0.29) is 23.3 Å². The van der Waals surface area contributed by atoms with Crippen LogP contribution >= 0.6 is 11.3 Å². The number of aryl methyl sites for hydroxylation is 1. The van der Waals surface area contributed by atoms with Crippen molar-refractivity contribution in [2.24, 2.45) is 5.14 Å². The monoisotopic (exact) mass is 419 g/mol. The van der Waals surface area contributed by atoms with E-state index in [0.29, 0.717) is 21.1 Å². The number of carbonyl (C=O) groups is 1. The fraction of sp³-hybridized carbons (Fsp3) is 0.263. The lowest BCUT2D eigenvalue weighted by Gasteiger charge is -2.14. The normalized spacial score (nSPS) is 11.8. The van der Waals surface area contributed by atoms with Gasteiger partial charge in [-0.1, -0.05) is 37.3 Å². The molecule has 148 valence electrons. The molecule has 0 unspecified atom stereocenters. The number of thiazole rings is 1. The molecule has 0 fully saturated rings. The average molecular weight is 420 g/mol. The Hall–Kier alpha value is -2.49. The summed E-state index contributed by atoms with van der Waals surface area (Å²) in [5.41, 5.74) is 2.67. The molecule has 0 radical (unpaired) electrons. The first kappa shape index (κ1) is 20.2. The maximum atomic E-state index is 12.3. The van der Waals surface area contributed by atoms with Crippen molar-refractivity contribution < 1.29 is 17.9 Å². The molecule has 0 aliphatic heterocycles. The van der Waals surface area contributed by atoms with Gasteiger partial charge in [0.25, 0.3) is 5.91 Å². The molecule has 0 atom stereocenters. The molecule has 0 aliphatic carbocycles. The highest BCUT2D eigenvalue weighted by atomic mass is 32.2. The SMILES string of the molecule is Cc1ccc(C(C)C)c(OCC(=O)Nc2nc3ccc(S(N)(=O)=O)cc3s2)c1. The quantitative estimate of drug-likeness (QED) is 0.636. The number of sulfonamides is 1. The van der Waals surface area contributed by atoms with Crippen LogP contribution < -0.4 is 15.2 Å². The zero-order chi connectivity index (χ0) is 20.5. The number of hydrogen-bond donors (Lipinski definition) is 2. The van der Waals surface area contributed by atoms with Crippen LogP contribution in [0.3, 0.4) is 0 Å².